The van der Waals surface area contributed by atoms with E-state index in [1.165, 1.54) is 17.9 Å². The van der Waals surface area contributed by atoms with E-state index in [2.05, 4.69) is 12.1 Å². The molecular weight excluding hydrogens is 450 g/mol. The van der Waals surface area contributed by atoms with E-state index in [4.69, 9.17) is 23.9 Å². The average molecular weight is 482 g/mol. The molecule has 3 aliphatic rings. The van der Waals surface area contributed by atoms with Crippen LogP contribution in [-0.2, 0) is 28.7 Å². The maximum Gasteiger partial charge on any atom is 0.338 e. The number of ether oxygens (including phenoxy) is 3. The fourth-order valence-electron chi connectivity index (χ4n) is 5.24. The van der Waals surface area contributed by atoms with Crippen molar-refractivity contribution >= 4 is 11.9 Å². The minimum absolute atomic E-state index is 0.0304. The van der Waals surface area contributed by atoms with Crippen molar-refractivity contribution in [2.24, 2.45) is 0 Å². The monoisotopic (exact) mass is 481 g/mol. The number of carbonyl (C=O) groups is 2. The molecule has 8 heteroatoms. The van der Waals surface area contributed by atoms with E-state index in [9.17, 15) is 9.59 Å². The summed E-state index contributed by atoms with van der Waals surface area (Å²) in [5, 5.41) is 1.28. The van der Waals surface area contributed by atoms with Crippen molar-refractivity contribution in [3.63, 3.8) is 0 Å². The van der Waals surface area contributed by atoms with E-state index in [1.807, 2.05) is 24.3 Å². The predicted molar refractivity (Wildman–Crippen MR) is 125 cm³/mol. The van der Waals surface area contributed by atoms with E-state index in [1.54, 1.807) is 24.3 Å². The van der Waals surface area contributed by atoms with Crippen molar-refractivity contribution in [1.29, 1.82) is 0 Å². The van der Waals surface area contributed by atoms with Gasteiger partial charge in [0.2, 0.25) is 0 Å². The molecule has 2 aliphatic heterocycles. The Hall–Kier alpha value is -2.78. The van der Waals surface area contributed by atoms with Crippen LogP contribution >= 0.6 is 0 Å². The number of methoxy groups -OCH3 is 1. The lowest BCUT2D eigenvalue weighted by molar-refractivity contribution is -0.447. The lowest BCUT2D eigenvalue weighted by atomic mass is 9.81. The van der Waals surface area contributed by atoms with E-state index < -0.39 is 36.5 Å². The first-order valence-electron chi connectivity index (χ1n) is 12.3. The summed E-state index contributed by atoms with van der Waals surface area (Å²) in [7, 11) is 1.31. The Balaban J connectivity index is 1.33. The number of esters is 2. The molecule has 6 atom stereocenters. The molecule has 186 valence electrons. The van der Waals surface area contributed by atoms with Gasteiger partial charge in [-0.1, -0.05) is 66.6 Å². The lowest BCUT2D eigenvalue weighted by Gasteiger charge is -2.41. The zero-order chi connectivity index (χ0) is 24.2. The Morgan fingerprint density at radius 2 is 1.60 bits per heavy atom. The standard InChI is InChI=1S/C27H31NO7/c1-31-27(30)24-16-21-23(33-26(29)19-12-6-3-7-13-19)17-25(35-28(21)34-24)32-22-15-9-8-14-20(22)18-10-4-2-5-11-18/h2-7,10-13,20-25H,8-9,14-17H2,1H3/t20-,21+,22+,23-,24+,25-/m1/s1. The largest absolute Gasteiger partial charge is 0.467 e. The van der Waals surface area contributed by atoms with Crippen LogP contribution in [0.4, 0.5) is 0 Å². The Labute approximate surface area is 205 Å². The molecule has 2 aromatic rings. The molecule has 0 aromatic heterocycles. The third-order valence-corrected chi connectivity index (χ3v) is 7.02. The van der Waals surface area contributed by atoms with Gasteiger partial charge in [0.15, 0.2) is 12.4 Å². The zero-order valence-electron chi connectivity index (χ0n) is 19.8. The van der Waals surface area contributed by atoms with E-state index in [0.717, 1.165) is 25.7 Å². The molecular formula is C27H31NO7. The second kappa shape index (κ2) is 10.9. The Bertz CT molecular complexity index is 1000. The number of rotatable bonds is 6. The van der Waals surface area contributed by atoms with Gasteiger partial charge in [-0.15, -0.1) is 0 Å². The van der Waals surface area contributed by atoms with Gasteiger partial charge >= 0.3 is 11.9 Å². The van der Waals surface area contributed by atoms with Gasteiger partial charge in [-0.2, -0.15) is 0 Å². The lowest BCUT2D eigenvalue weighted by Crippen LogP contribution is -2.51. The number of nitrogens with zero attached hydrogens (tertiary/aromatic N) is 1. The molecule has 0 spiro atoms. The summed E-state index contributed by atoms with van der Waals surface area (Å²) in [4.78, 5) is 36.8. The first-order chi connectivity index (χ1) is 17.1. The molecule has 0 N–H and O–H groups in total. The molecule has 3 fully saturated rings. The Morgan fingerprint density at radius 1 is 0.886 bits per heavy atom. The predicted octanol–water partition coefficient (Wildman–Crippen LogP) is 4.16. The van der Waals surface area contributed by atoms with Gasteiger partial charge in [0, 0.05) is 18.8 Å². The van der Waals surface area contributed by atoms with Gasteiger partial charge in [0.05, 0.1) is 18.8 Å². The maximum atomic E-state index is 12.9. The van der Waals surface area contributed by atoms with Crippen LogP contribution in [0, 0.1) is 0 Å². The fourth-order valence-corrected chi connectivity index (χ4v) is 5.24. The first kappa shape index (κ1) is 23.9. The van der Waals surface area contributed by atoms with Gasteiger partial charge in [0.1, 0.15) is 12.1 Å². The Kier molecular flexibility index (Phi) is 7.43. The highest BCUT2D eigenvalue weighted by atomic mass is 17.0. The smallest absolute Gasteiger partial charge is 0.338 e. The third-order valence-electron chi connectivity index (χ3n) is 7.02. The number of hydrogen-bond acceptors (Lipinski definition) is 8. The molecule has 0 amide bonds. The van der Waals surface area contributed by atoms with Crippen molar-refractivity contribution in [3.05, 3.63) is 71.8 Å². The molecule has 2 saturated heterocycles. The highest BCUT2D eigenvalue weighted by Gasteiger charge is 2.50. The maximum absolute atomic E-state index is 12.9. The van der Waals surface area contributed by atoms with Crippen LogP contribution in [0.25, 0.3) is 0 Å². The van der Waals surface area contributed by atoms with Crippen molar-refractivity contribution in [2.75, 3.05) is 7.11 Å². The fraction of sp³-hybridized carbons (Fsp3) is 0.481. The minimum Gasteiger partial charge on any atom is -0.467 e. The molecule has 35 heavy (non-hydrogen) atoms. The van der Waals surface area contributed by atoms with Gasteiger partial charge in [0.25, 0.3) is 0 Å². The summed E-state index contributed by atoms with van der Waals surface area (Å²) >= 11 is 0. The Morgan fingerprint density at radius 3 is 2.34 bits per heavy atom. The summed E-state index contributed by atoms with van der Waals surface area (Å²) in [5.74, 6) is -0.665. The van der Waals surface area contributed by atoms with Crippen LogP contribution in [0.3, 0.4) is 0 Å². The highest BCUT2D eigenvalue weighted by Crippen LogP contribution is 2.39. The van der Waals surface area contributed by atoms with E-state index >= 15 is 0 Å². The molecule has 0 unspecified atom stereocenters. The van der Waals surface area contributed by atoms with Crippen LogP contribution in [0.5, 0.6) is 0 Å². The molecule has 1 saturated carbocycles. The topological polar surface area (TPSA) is 83.5 Å². The number of fused-ring (bicyclic) bond motifs is 1. The summed E-state index contributed by atoms with van der Waals surface area (Å²) in [5.41, 5.74) is 1.71. The van der Waals surface area contributed by atoms with Crippen molar-refractivity contribution in [2.45, 2.75) is 75.1 Å². The van der Waals surface area contributed by atoms with Gasteiger partial charge in [-0.05, 0) is 30.5 Å². The van der Waals surface area contributed by atoms with Gasteiger partial charge in [-0.3, -0.25) is 4.84 Å². The average Bonchev–Trinajstić information content (AvgIpc) is 3.34. The van der Waals surface area contributed by atoms with E-state index in [-0.39, 0.29) is 12.0 Å². The van der Waals surface area contributed by atoms with Gasteiger partial charge in [-0.25, -0.2) is 14.4 Å². The second-order valence-electron chi connectivity index (χ2n) is 9.26. The second-order valence-corrected chi connectivity index (χ2v) is 9.26. The SMILES string of the molecule is COC(=O)[C@@H]1C[C@H]2[C@H](OC(=O)c3ccccc3)C[C@H](O[C@H]3CCCC[C@@H]3c3ccccc3)ON2O1. The van der Waals surface area contributed by atoms with Crippen LogP contribution < -0.4 is 0 Å². The molecule has 2 aromatic carbocycles. The van der Waals surface area contributed by atoms with Crippen LogP contribution in [0.2, 0.25) is 0 Å². The molecule has 2 heterocycles. The quantitative estimate of drug-likeness (QED) is 0.569. The molecule has 1 aliphatic carbocycles. The third kappa shape index (κ3) is 5.41. The van der Waals surface area contributed by atoms with Crippen molar-refractivity contribution in [1.82, 2.24) is 5.23 Å². The highest BCUT2D eigenvalue weighted by molar-refractivity contribution is 5.89. The van der Waals surface area contributed by atoms with E-state index in [0.29, 0.717) is 18.4 Å². The van der Waals surface area contributed by atoms with Gasteiger partial charge < -0.3 is 14.2 Å². The first-order valence-corrected chi connectivity index (χ1v) is 12.3. The number of hydroxylamine groups is 2. The van der Waals surface area contributed by atoms with Crippen LogP contribution in [-0.4, -0.2) is 54.9 Å². The van der Waals surface area contributed by atoms with Crippen molar-refractivity contribution in [3.8, 4) is 0 Å². The van der Waals surface area contributed by atoms with Crippen LogP contribution in [0.1, 0.15) is 60.4 Å². The minimum atomic E-state index is -0.826. The number of benzene rings is 2. The normalized spacial score (nSPS) is 30.9. The summed E-state index contributed by atoms with van der Waals surface area (Å²) in [6.07, 6.45) is 2.73. The molecule has 0 bridgehead atoms. The number of carbonyl (C=O) groups excluding carboxylic acids is 2. The zero-order valence-corrected chi connectivity index (χ0v) is 19.8. The number of hydrogen-bond donors (Lipinski definition) is 0. The molecule has 5 rings (SSSR count). The summed E-state index contributed by atoms with van der Waals surface area (Å²) in [6.45, 7) is 0. The summed E-state index contributed by atoms with van der Waals surface area (Å²) in [6, 6.07) is 18.8. The summed E-state index contributed by atoms with van der Waals surface area (Å²) < 4.78 is 17.3. The molecule has 0 radical (unpaired) electrons. The van der Waals surface area contributed by atoms with Crippen molar-refractivity contribution < 1.29 is 33.5 Å². The van der Waals surface area contributed by atoms with Crippen LogP contribution in [0.15, 0.2) is 60.7 Å². The molecule has 8 nitrogen and oxygen atoms in total.